The third-order valence-corrected chi connectivity index (χ3v) is 2.73. The first-order chi connectivity index (χ1) is 7.45. The molecule has 5 nitrogen and oxygen atoms in total. The molecule has 1 atom stereocenters. The van der Waals surface area contributed by atoms with Crippen LogP contribution in [0.4, 0.5) is 0 Å². The van der Waals surface area contributed by atoms with E-state index in [1.54, 1.807) is 12.1 Å². The van der Waals surface area contributed by atoms with Gasteiger partial charge in [-0.2, -0.15) is 0 Å². The smallest absolute Gasteiger partial charge is 0.219 e. The molecule has 0 bridgehead atoms. The molecule has 0 saturated carbocycles. The van der Waals surface area contributed by atoms with Gasteiger partial charge < -0.3 is 21.3 Å². The number of methoxy groups -OCH3 is 1. The molecule has 0 fully saturated rings. The molecule has 0 aromatic heterocycles. The van der Waals surface area contributed by atoms with Crippen LogP contribution in [-0.4, -0.2) is 18.1 Å². The molecule has 1 unspecified atom stereocenters. The molecule has 0 aliphatic rings. The van der Waals surface area contributed by atoms with Gasteiger partial charge in [0.2, 0.25) is 5.91 Å². The molecule has 0 heterocycles. The Morgan fingerprint density at radius 1 is 1.62 bits per heavy atom. The molecule has 1 amide bonds. The molecule has 0 saturated heterocycles. The Balaban J connectivity index is 3.12. The summed E-state index contributed by atoms with van der Waals surface area (Å²) in [4.78, 5) is 10.8. The number of aromatic hydroxyl groups is 1. The first-order valence-corrected chi connectivity index (χ1v) is 5.64. The van der Waals surface area contributed by atoms with Gasteiger partial charge in [0.05, 0.1) is 7.11 Å². The zero-order chi connectivity index (χ0) is 12.3. The molecule has 0 aliphatic carbocycles. The lowest BCUT2D eigenvalue weighted by Gasteiger charge is -2.14. The number of benzene rings is 1. The molecule has 6 heteroatoms. The van der Waals surface area contributed by atoms with Crippen molar-refractivity contribution in [3.8, 4) is 11.5 Å². The lowest BCUT2D eigenvalue weighted by molar-refractivity contribution is -0.118. The van der Waals surface area contributed by atoms with Gasteiger partial charge in [-0.1, -0.05) is 0 Å². The Labute approximate surface area is 107 Å². The van der Waals surface area contributed by atoms with Crippen LogP contribution in [0.5, 0.6) is 11.5 Å². The number of primary amides is 1. The second kappa shape index (κ2) is 5.35. The lowest BCUT2D eigenvalue weighted by Crippen LogP contribution is -2.20. The highest BCUT2D eigenvalue weighted by molar-refractivity contribution is 14.1. The minimum absolute atomic E-state index is 0.0171. The van der Waals surface area contributed by atoms with Crippen LogP contribution >= 0.6 is 22.6 Å². The van der Waals surface area contributed by atoms with Crippen LogP contribution in [0, 0.1) is 3.57 Å². The van der Waals surface area contributed by atoms with E-state index in [2.05, 4.69) is 22.6 Å². The Bertz CT molecular complexity index is 409. The summed E-state index contributed by atoms with van der Waals surface area (Å²) in [5.41, 5.74) is 11.3. The van der Waals surface area contributed by atoms with E-state index in [1.807, 2.05) is 0 Å². The Morgan fingerprint density at radius 3 is 2.75 bits per heavy atom. The maximum atomic E-state index is 10.8. The third kappa shape index (κ3) is 2.99. The largest absolute Gasteiger partial charge is 0.504 e. The molecular weight excluding hydrogens is 323 g/mol. The molecule has 1 aromatic rings. The molecular formula is C10H13IN2O3. The standard InChI is InChI=1S/C10H13IN2O3/c1-16-8-3-5(11)2-6(10(8)15)7(12)4-9(13)14/h2-3,7,15H,4,12H2,1H3,(H2,13,14). The number of hydrogen-bond donors (Lipinski definition) is 3. The highest BCUT2D eigenvalue weighted by Crippen LogP contribution is 2.35. The van der Waals surface area contributed by atoms with Gasteiger partial charge >= 0.3 is 0 Å². The Morgan fingerprint density at radius 2 is 2.25 bits per heavy atom. The van der Waals surface area contributed by atoms with Crippen molar-refractivity contribution in [2.75, 3.05) is 7.11 Å². The number of rotatable bonds is 4. The van der Waals surface area contributed by atoms with E-state index in [0.29, 0.717) is 11.3 Å². The number of ether oxygens (including phenoxy) is 1. The first kappa shape index (κ1) is 13.0. The average Bonchev–Trinajstić information content (AvgIpc) is 2.19. The maximum Gasteiger partial charge on any atom is 0.219 e. The van der Waals surface area contributed by atoms with E-state index in [1.165, 1.54) is 7.11 Å². The second-order valence-corrected chi connectivity index (χ2v) is 4.57. The topological polar surface area (TPSA) is 98.6 Å². The van der Waals surface area contributed by atoms with E-state index in [-0.39, 0.29) is 12.2 Å². The molecule has 16 heavy (non-hydrogen) atoms. The summed E-state index contributed by atoms with van der Waals surface area (Å²) in [5.74, 6) is -0.219. The van der Waals surface area contributed by atoms with Gasteiger partial charge in [-0.05, 0) is 34.7 Å². The Kier molecular flexibility index (Phi) is 4.36. The molecule has 1 aromatic carbocycles. The van der Waals surface area contributed by atoms with Gasteiger partial charge in [-0.3, -0.25) is 4.79 Å². The van der Waals surface area contributed by atoms with Crippen molar-refractivity contribution < 1.29 is 14.6 Å². The number of nitrogens with two attached hydrogens (primary N) is 2. The highest BCUT2D eigenvalue weighted by atomic mass is 127. The minimum Gasteiger partial charge on any atom is -0.504 e. The van der Waals surface area contributed by atoms with Crippen LogP contribution in [-0.2, 0) is 4.79 Å². The summed E-state index contributed by atoms with van der Waals surface area (Å²) in [7, 11) is 1.45. The Hall–Kier alpha value is -1.02. The van der Waals surface area contributed by atoms with Crippen molar-refractivity contribution in [3.63, 3.8) is 0 Å². The number of amides is 1. The average molecular weight is 336 g/mol. The summed E-state index contributed by atoms with van der Waals surface area (Å²) in [6.45, 7) is 0. The summed E-state index contributed by atoms with van der Waals surface area (Å²) < 4.78 is 5.86. The van der Waals surface area contributed by atoms with Gasteiger partial charge in [0.1, 0.15) is 0 Å². The van der Waals surface area contributed by atoms with Crippen LogP contribution in [0.2, 0.25) is 0 Å². The van der Waals surface area contributed by atoms with E-state index >= 15 is 0 Å². The lowest BCUT2D eigenvalue weighted by atomic mass is 10.0. The van der Waals surface area contributed by atoms with Crippen LogP contribution in [0.15, 0.2) is 12.1 Å². The molecule has 1 rings (SSSR count). The highest BCUT2D eigenvalue weighted by Gasteiger charge is 2.17. The summed E-state index contributed by atoms with van der Waals surface area (Å²) >= 11 is 2.08. The fourth-order valence-electron chi connectivity index (χ4n) is 1.36. The van der Waals surface area contributed by atoms with E-state index in [0.717, 1.165) is 3.57 Å². The number of halogens is 1. The van der Waals surface area contributed by atoms with Crippen molar-refractivity contribution in [2.24, 2.45) is 11.5 Å². The predicted molar refractivity (Wildman–Crippen MR) is 68.1 cm³/mol. The van der Waals surface area contributed by atoms with Crippen LogP contribution in [0.3, 0.4) is 0 Å². The first-order valence-electron chi connectivity index (χ1n) is 4.56. The molecule has 0 spiro atoms. The SMILES string of the molecule is COc1cc(I)cc(C(N)CC(N)=O)c1O. The summed E-state index contributed by atoms with van der Waals surface area (Å²) in [5, 5.41) is 9.84. The fourth-order valence-corrected chi connectivity index (χ4v) is 1.98. The maximum absolute atomic E-state index is 10.8. The van der Waals surface area contributed by atoms with Crippen LogP contribution < -0.4 is 16.2 Å². The van der Waals surface area contributed by atoms with Crippen molar-refractivity contribution in [3.05, 3.63) is 21.3 Å². The van der Waals surface area contributed by atoms with Crippen molar-refractivity contribution in [1.82, 2.24) is 0 Å². The number of phenols is 1. The minimum atomic E-state index is -0.624. The van der Waals surface area contributed by atoms with Gasteiger partial charge in [-0.15, -0.1) is 0 Å². The van der Waals surface area contributed by atoms with Crippen molar-refractivity contribution in [1.29, 1.82) is 0 Å². The number of hydrogen-bond acceptors (Lipinski definition) is 4. The van der Waals surface area contributed by atoms with Crippen LogP contribution in [0.1, 0.15) is 18.0 Å². The van der Waals surface area contributed by atoms with Gasteiger partial charge in [-0.25, -0.2) is 0 Å². The van der Waals surface area contributed by atoms with Crippen LogP contribution in [0.25, 0.3) is 0 Å². The second-order valence-electron chi connectivity index (χ2n) is 3.32. The fraction of sp³-hybridized carbons (Fsp3) is 0.300. The van der Waals surface area contributed by atoms with Gasteiger partial charge in [0.25, 0.3) is 0 Å². The van der Waals surface area contributed by atoms with Crippen molar-refractivity contribution >= 4 is 28.5 Å². The number of phenolic OH excluding ortho intramolecular Hbond substituents is 1. The molecule has 88 valence electrons. The zero-order valence-electron chi connectivity index (χ0n) is 8.74. The predicted octanol–water partition coefficient (Wildman–Crippen LogP) is 0.881. The molecule has 5 N–H and O–H groups in total. The number of carbonyl (C=O) groups excluding carboxylic acids is 1. The van der Waals surface area contributed by atoms with Gasteiger partial charge in [0.15, 0.2) is 11.5 Å². The van der Waals surface area contributed by atoms with E-state index in [9.17, 15) is 9.90 Å². The molecule has 0 aliphatic heterocycles. The number of carbonyl (C=O) groups is 1. The molecule has 0 radical (unpaired) electrons. The van der Waals surface area contributed by atoms with Crippen molar-refractivity contribution in [2.45, 2.75) is 12.5 Å². The normalized spacial score (nSPS) is 12.2. The zero-order valence-corrected chi connectivity index (χ0v) is 10.9. The van der Waals surface area contributed by atoms with Gasteiger partial charge in [0, 0.05) is 21.6 Å². The monoisotopic (exact) mass is 336 g/mol. The quantitative estimate of drug-likeness (QED) is 0.711. The van der Waals surface area contributed by atoms with E-state index in [4.69, 9.17) is 16.2 Å². The summed E-state index contributed by atoms with van der Waals surface area (Å²) in [6.07, 6.45) is -0.0171. The summed E-state index contributed by atoms with van der Waals surface area (Å²) in [6, 6.07) is 2.75. The van der Waals surface area contributed by atoms with E-state index < -0.39 is 11.9 Å². The third-order valence-electron chi connectivity index (χ3n) is 2.11.